The van der Waals surface area contributed by atoms with Crippen molar-refractivity contribution >= 4 is 47.2 Å². The van der Waals surface area contributed by atoms with Gasteiger partial charge in [0, 0.05) is 36.5 Å². The molecule has 0 bridgehead atoms. The Morgan fingerprint density at radius 3 is 2.69 bits per heavy atom. The van der Waals surface area contributed by atoms with Gasteiger partial charge in [0.15, 0.2) is 5.75 Å². The lowest BCUT2D eigenvalue weighted by Crippen LogP contribution is -2.12. The van der Waals surface area contributed by atoms with Gasteiger partial charge in [0.25, 0.3) is 0 Å². The predicted octanol–water partition coefficient (Wildman–Crippen LogP) is 6.18. The summed E-state index contributed by atoms with van der Waals surface area (Å²) in [4.78, 5) is 8.51. The van der Waals surface area contributed by atoms with Crippen LogP contribution in [0.25, 0.3) is 17.0 Å². The lowest BCUT2D eigenvalue weighted by atomic mass is 10.1. The van der Waals surface area contributed by atoms with Gasteiger partial charge in [0.05, 0.1) is 21.3 Å². The number of nitrogens with one attached hydrogen (secondary N) is 3. The summed E-state index contributed by atoms with van der Waals surface area (Å²) in [5.74, 6) is 0.434. The molecule has 0 atom stereocenters. The molecule has 0 fully saturated rings. The second-order valence-corrected chi connectivity index (χ2v) is 9.36. The number of halogens is 3. The normalized spacial score (nSPS) is 11.8. The van der Waals surface area contributed by atoms with Crippen LogP contribution in [0.1, 0.15) is 12.6 Å². The van der Waals surface area contributed by atoms with Crippen LogP contribution in [0.5, 0.6) is 11.5 Å². The van der Waals surface area contributed by atoms with Gasteiger partial charge >= 0.3 is 0 Å². The van der Waals surface area contributed by atoms with Crippen molar-refractivity contribution < 1.29 is 13.5 Å². The largest absolute Gasteiger partial charge is 0.453 e. The number of hydrogen-bond donors (Lipinski definition) is 4. The second kappa shape index (κ2) is 13.1. The van der Waals surface area contributed by atoms with Gasteiger partial charge < -0.3 is 25.9 Å². The number of hydrogen-bond acceptors (Lipinski definition) is 9. The highest BCUT2D eigenvalue weighted by molar-refractivity contribution is 8.02. The van der Waals surface area contributed by atoms with Crippen LogP contribution in [0.2, 0.25) is 5.02 Å². The average Bonchev–Trinajstić information content (AvgIpc) is 2.88. The first-order valence-electron chi connectivity index (χ1n) is 10.5. The molecule has 7 nitrogen and oxygen atoms in total. The molecule has 0 unspecified atom stereocenters. The Balaban J connectivity index is 1.94. The van der Waals surface area contributed by atoms with E-state index in [1.807, 2.05) is 6.92 Å². The van der Waals surface area contributed by atoms with E-state index in [0.717, 1.165) is 23.9 Å². The molecule has 0 saturated heterocycles. The Morgan fingerprint density at radius 1 is 1.22 bits per heavy atom. The summed E-state index contributed by atoms with van der Waals surface area (Å²) < 4.78 is 36.9. The van der Waals surface area contributed by atoms with Crippen LogP contribution in [0, 0.1) is 17.2 Å². The third kappa shape index (κ3) is 7.12. The van der Waals surface area contributed by atoms with Crippen LogP contribution in [0.15, 0.2) is 64.8 Å². The van der Waals surface area contributed by atoms with Crippen LogP contribution >= 0.6 is 35.3 Å². The minimum Gasteiger partial charge on any atom is -0.453 e. The van der Waals surface area contributed by atoms with Crippen LogP contribution in [-0.4, -0.2) is 29.0 Å². The summed E-state index contributed by atoms with van der Waals surface area (Å²) in [7, 11) is 1.66. The van der Waals surface area contributed by atoms with Crippen molar-refractivity contribution in [3.8, 4) is 22.8 Å². The number of nitrogens with zero attached hydrogens (tertiary/aromatic N) is 2. The maximum atomic E-state index is 14.8. The van der Waals surface area contributed by atoms with Crippen molar-refractivity contribution in [2.45, 2.75) is 11.8 Å². The maximum Gasteiger partial charge on any atom is 0.212 e. The van der Waals surface area contributed by atoms with Crippen molar-refractivity contribution in [3.63, 3.8) is 0 Å². The Hall–Kier alpha value is -3.28. The van der Waals surface area contributed by atoms with Gasteiger partial charge in [-0.05, 0) is 54.1 Å². The number of rotatable bonds is 11. The zero-order valence-electron chi connectivity index (χ0n) is 19.3. The molecule has 1 aromatic carbocycles. The molecule has 0 spiro atoms. The van der Waals surface area contributed by atoms with Gasteiger partial charge in [-0.2, -0.15) is 4.39 Å². The van der Waals surface area contributed by atoms with E-state index in [1.165, 1.54) is 42.2 Å². The summed E-state index contributed by atoms with van der Waals surface area (Å²) in [5.41, 5.74) is 7.73. The van der Waals surface area contributed by atoms with E-state index in [-0.39, 0.29) is 21.4 Å². The second-order valence-electron chi connectivity index (χ2n) is 6.96. The van der Waals surface area contributed by atoms with Gasteiger partial charge in [-0.25, -0.2) is 14.4 Å². The van der Waals surface area contributed by atoms with Crippen LogP contribution in [0.3, 0.4) is 0 Å². The summed E-state index contributed by atoms with van der Waals surface area (Å²) in [6.45, 7) is 1.99. The molecule has 0 aliphatic heterocycles. The van der Waals surface area contributed by atoms with Gasteiger partial charge in [0.2, 0.25) is 5.95 Å². The Labute approximate surface area is 221 Å². The molecule has 0 aliphatic carbocycles. The number of nitrogens with two attached hydrogens (primary N) is 1. The van der Waals surface area contributed by atoms with Crippen molar-refractivity contribution in [1.82, 2.24) is 20.0 Å². The first kappa shape index (κ1) is 27.3. The SMILES string of the molecule is CCS/C=C(\N)NSc1cc(Cl)c(Oc2ccc(-c3ccc(F)nc3)nc2/C(=C/C=N)NC)cc1F. The van der Waals surface area contributed by atoms with Gasteiger partial charge in [0.1, 0.15) is 23.1 Å². The topological polar surface area (TPSA) is 109 Å². The molecule has 2 aromatic heterocycles. The summed E-state index contributed by atoms with van der Waals surface area (Å²) in [6.07, 6.45) is 3.94. The van der Waals surface area contributed by atoms with Gasteiger partial charge in [-0.1, -0.05) is 18.5 Å². The molecule has 188 valence electrons. The lowest BCUT2D eigenvalue weighted by molar-refractivity contribution is 0.470. The summed E-state index contributed by atoms with van der Waals surface area (Å²) in [6, 6.07) is 8.68. The van der Waals surface area contributed by atoms with Gasteiger partial charge in [-0.3, -0.25) is 0 Å². The molecule has 12 heteroatoms. The first-order valence-corrected chi connectivity index (χ1v) is 12.8. The fourth-order valence-corrected chi connectivity index (χ4v) is 4.24. The summed E-state index contributed by atoms with van der Waals surface area (Å²) >= 11 is 8.92. The van der Waals surface area contributed by atoms with E-state index in [9.17, 15) is 8.78 Å². The van der Waals surface area contributed by atoms with Crippen molar-refractivity contribution in [2.24, 2.45) is 5.73 Å². The molecule has 0 amide bonds. The smallest absolute Gasteiger partial charge is 0.212 e. The Bertz CT molecular complexity index is 1290. The fourth-order valence-electron chi connectivity index (χ4n) is 2.87. The Morgan fingerprint density at radius 2 is 2.03 bits per heavy atom. The van der Waals surface area contributed by atoms with Gasteiger partial charge in [-0.15, -0.1) is 11.8 Å². The molecule has 3 rings (SSSR count). The average molecular weight is 549 g/mol. The highest BCUT2D eigenvalue weighted by Gasteiger charge is 2.17. The third-order valence-corrected chi connectivity index (χ3v) is 6.44. The van der Waals surface area contributed by atoms with E-state index in [4.69, 9.17) is 27.5 Å². The molecule has 0 aliphatic rings. The molecule has 5 N–H and O–H groups in total. The minimum atomic E-state index is -0.606. The molecular formula is C24H23ClF2N6OS2. The zero-order valence-corrected chi connectivity index (χ0v) is 21.7. The number of allylic oxidation sites excluding steroid dienone is 1. The Kier molecular flexibility index (Phi) is 9.97. The number of pyridine rings is 2. The first-order chi connectivity index (χ1) is 17.4. The van der Waals surface area contributed by atoms with Crippen molar-refractivity contribution in [3.05, 3.63) is 82.4 Å². The van der Waals surface area contributed by atoms with E-state index in [1.54, 1.807) is 30.7 Å². The number of thioether (sulfide) groups is 1. The molecule has 3 aromatic rings. The minimum absolute atomic E-state index is 0.0770. The van der Waals surface area contributed by atoms with Crippen molar-refractivity contribution in [2.75, 3.05) is 12.8 Å². The van der Waals surface area contributed by atoms with E-state index < -0.39 is 11.8 Å². The summed E-state index contributed by atoms with van der Waals surface area (Å²) in [5, 5.41) is 12.3. The van der Waals surface area contributed by atoms with Crippen molar-refractivity contribution in [1.29, 1.82) is 5.41 Å². The standard InChI is InChI=1S/C24H23ClF2N6OS2/c1-3-35-13-23(29)33-36-21-10-15(25)20(11-16(21)26)34-19-6-5-17(14-4-7-22(27)31-12-14)32-24(19)18(30-2)8-9-28/h4-13,28,30,33H,3,29H2,1-2H3/b18-8-,23-13+,28-9?. The van der Waals surface area contributed by atoms with Crippen LogP contribution < -0.4 is 20.5 Å². The van der Waals surface area contributed by atoms with E-state index >= 15 is 0 Å². The highest BCUT2D eigenvalue weighted by Crippen LogP contribution is 2.37. The predicted molar refractivity (Wildman–Crippen MR) is 144 cm³/mol. The number of aromatic nitrogens is 2. The molecule has 0 saturated carbocycles. The molecule has 36 heavy (non-hydrogen) atoms. The molecule has 2 heterocycles. The molecular weight excluding hydrogens is 526 g/mol. The quantitative estimate of drug-likeness (QED) is 0.128. The van der Waals surface area contributed by atoms with Crippen LogP contribution in [-0.2, 0) is 0 Å². The fraction of sp³-hybridized carbons (Fsp3) is 0.125. The monoisotopic (exact) mass is 548 g/mol. The number of benzene rings is 1. The lowest BCUT2D eigenvalue weighted by Gasteiger charge is -2.16. The maximum absolute atomic E-state index is 14.8. The number of ether oxygens (including phenoxy) is 1. The van der Waals surface area contributed by atoms with E-state index in [2.05, 4.69) is 20.0 Å². The third-order valence-electron chi connectivity index (χ3n) is 4.52. The highest BCUT2D eigenvalue weighted by atomic mass is 35.5. The zero-order chi connectivity index (χ0) is 26.1. The molecule has 0 radical (unpaired) electrons. The van der Waals surface area contributed by atoms with Crippen LogP contribution in [0.4, 0.5) is 8.78 Å². The van der Waals surface area contributed by atoms with E-state index in [0.29, 0.717) is 28.5 Å².